The molecule has 0 aromatic carbocycles. The Kier molecular flexibility index (Phi) is 10.3. The second-order valence-corrected chi connectivity index (χ2v) is 10.5. The first-order valence-electron chi connectivity index (χ1n) is 12.2. The third-order valence-electron chi connectivity index (χ3n) is 7.72. The standard InChI is InChI=1S/C22H40O15/c1-22(2,19-8(27)3-7(26)13(28)9(4-23)34-19)12-14(29)10(5-24)36-21(16(12)31)37-18-15(30)11(6-25)35-20(33)17(18)32/h7-21,23-33H,3-6H2,1-2H3/t7?,8?,9?,10?,11?,12?,13-,14+,15+,16?,17?,18?,19+,20+,21-/m0/s1. The molecule has 218 valence electrons. The van der Waals surface area contributed by atoms with Gasteiger partial charge in [-0.1, -0.05) is 13.8 Å². The van der Waals surface area contributed by atoms with E-state index in [1.54, 1.807) is 0 Å². The molecule has 9 unspecified atom stereocenters. The van der Waals surface area contributed by atoms with Crippen molar-refractivity contribution in [2.45, 2.75) is 106 Å². The largest absolute Gasteiger partial charge is 0.394 e. The number of hydrogen-bond donors (Lipinski definition) is 11. The molecule has 0 amide bonds. The Hall–Kier alpha value is -0.600. The first-order valence-corrected chi connectivity index (χ1v) is 12.2. The van der Waals surface area contributed by atoms with E-state index < -0.39 is 117 Å². The summed E-state index contributed by atoms with van der Waals surface area (Å²) in [7, 11) is 0. The van der Waals surface area contributed by atoms with Crippen LogP contribution in [-0.2, 0) is 18.9 Å². The van der Waals surface area contributed by atoms with Gasteiger partial charge in [0.15, 0.2) is 12.6 Å². The SMILES string of the molecule is CC(C)(C1C(O)[C@H](OC2C(O)[C@H](O)OC(CO)[C@H]2O)OC(CO)[C@H]1O)[C@@H]1OC(CO)[C@@H](O)C(O)CC1O. The highest BCUT2D eigenvalue weighted by atomic mass is 16.7. The molecule has 0 aromatic heterocycles. The van der Waals surface area contributed by atoms with Gasteiger partial charge in [-0.2, -0.15) is 0 Å². The molecule has 3 saturated heterocycles. The van der Waals surface area contributed by atoms with Crippen molar-refractivity contribution in [2.75, 3.05) is 19.8 Å². The molecule has 0 saturated carbocycles. The number of rotatable bonds is 7. The lowest BCUT2D eigenvalue weighted by molar-refractivity contribution is -0.360. The van der Waals surface area contributed by atoms with Crippen LogP contribution in [0.1, 0.15) is 20.3 Å². The number of aliphatic hydroxyl groups excluding tert-OH is 11. The van der Waals surface area contributed by atoms with Gasteiger partial charge in [0.05, 0.1) is 44.2 Å². The number of aliphatic hydroxyl groups is 11. The first kappa shape index (κ1) is 30.9. The third-order valence-corrected chi connectivity index (χ3v) is 7.72. The van der Waals surface area contributed by atoms with E-state index in [2.05, 4.69) is 0 Å². The molecule has 0 bridgehead atoms. The molecule has 0 aromatic rings. The van der Waals surface area contributed by atoms with E-state index in [-0.39, 0.29) is 6.42 Å². The van der Waals surface area contributed by atoms with E-state index in [9.17, 15) is 56.2 Å². The fraction of sp³-hybridized carbons (Fsp3) is 1.00. The smallest absolute Gasteiger partial charge is 0.184 e. The van der Waals surface area contributed by atoms with Crippen LogP contribution in [0.15, 0.2) is 0 Å². The van der Waals surface area contributed by atoms with E-state index in [1.165, 1.54) is 13.8 Å². The normalized spacial score (nSPS) is 50.0. The van der Waals surface area contributed by atoms with Crippen molar-refractivity contribution >= 4 is 0 Å². The highest BCUT2D eigenvalue weighted by Gasteiger charge is 2.58. The van der Waals surface area contributed by atoms with Crippen LogP contribution in [0.2, 0.25) is 0 Å². The minimum atomic E-state index is -1.85. The minimum Gasteiger partial charge on any atom is -0.394 e. The van der Waals surface area contributed by atoms with Crippen molar-refractivity contribution < 1.29 is 75.1 Å². The fourth-order valence-corrected chi connectivity index (χ4v) is 5.59. The second kappa shape index (κ2) is 12.3. The highest BCUT2D eigenvalue weighted by Crippen LogP contribution is 2.46. The molecule has 15 heteroatoms. The van der Waals surface area contributed by atoms with Crippen LogP contribution in [0.25, 0.3) is 0 Å². The Balaban J connectivity index is 1.91. The van der Waals surface area contributed by atoms with Gasteiger partial charge in [-0.05, 0) is 0 Å². The van der Waals surface area contributed by atoms with Crippen molar-refractivity contribution in [3.63, 3.8) is 0 Å². The van der Waals surface area contributed by atoms with Gasteiger partial charge in [0, 0.05) is 17.8 Å². The Morgan fingerprint density at radius 1 is 0.649 bits per heavy atom. The lowest BCUT2D eigenvalue weighted by atomic mass is 9.65. The molecule has 3 aliphatic rings. The zero-order chi connectivity index (χ0) is 27.8. The average molecular weight is 545 g/mol. The summed E-state index contributed by atoms with van der Waals surface area (Å²) < 4.78 is 21.8. The molecule has 11 N–H and O–H groups in total. The zero-order valence-corrected chi connectivity index (χ0v) is 20.5. The molecule has 0 aliphatic carbocycles. The van der Waals surface area contributed by atoms with Crippen molar-refractivity contribution in [3.8, 4) is 0 Å². The van der Waals surface area contributed by atoms with Crippen LogP contribution in [0, 0.1) is 11.3 Å². The first-order chi connectivity index (χ1) is 17.3. The Labute approximate surface area is 213 Å². The topological polar surface area (TPSA) is 259 Å². The molecule has 0 spiro atoms. The summed E-state index contributed by atoms with van der Waals surface area (Å²) in [5.74, 6) is -1.28. The van der Waals surface area contributed by atoms with Gasteiger partial charge in [0.1, 0.15) is 48.8 Å². The summed E-state index contributed by atoms with van der Waals surface area (Å²) in [6.07, 6.45) is -21.9. The van der Waals surface area contributed by atoms with Crippen LogP contribution in [0.4, 0.5) is 0 Å². The number of ether oxygens (including phenoxy) is 4. The second-order valence-electron chi connectivity index (χ2n) is 10.5. The van der Waals surface area contributed by atoms with Gasteiger partial charge < -0.3 is 75.1 Å². The van der Waals surface area contributed by atoms with Crippen LogP contribution in [-0.4, -0.2) is 162 Å². The van der Waals surface area contributed by atoms with Crippen molar-refractivity contribution in [2.24, 2.45) is 11.3 Å². The molecular formula is C22H40O15. The van der Waals surface area contributed by atoms with Gasteiger partial charge in [0.2, 0.25) is 0 Å². The molecule has 0 radical (unpaired) electrons. The molecule has 3 aliphatic heterocycles. The predicted molar refractivity (Wildman–Crippen MR) is 118 cm³/mol. The summed E-state index contributed by atoms with van der Waals surface area (Å²) >= 11 is 0. The maximum atomic E-state index is 11.3. The maximum absolute atomic E-state index is 11.3. The van der Waals surface area contributed by atoms with Crippen molar-refractivity contribution in [1.82, 2.24) is 0 Å². The van der Waals surface area contributed by atoms with Gasteiger partial charge in [-0.3, -0.25) is 0 Å². The van der Waals surface area contributed by atoms with E-state index >= 15 is 0 Å². The molecule has 3 fully saturated rings. The summed E-state index contributed by atoms with van der Waals surface area (Å²) in [4.78, 5) is 0. The Bertz CT molecular complexity index is 726. The Morgan fingerprint density at radius 2 is 1.19 bits per heavy atom. The van der Waals surface area contributed by atoms with E-state index in [4.69, 9.17) is 18.9 Å². The molecule has 3 rings (SSSR count). The summed E-state index contributed by atoms with van der Waals surface area (Å²) in [5, 5.41) is 113. The molecular weight excluding hydrogens is 504 g/mol. The van der Waals surface area contributed by atoms with Gasteiger partial charge in [0.25, 0.3) is 0 Å². The van der Waals surface area contributed by atoms with Crippen LogP contribution < -0.4 is 0 Å². The summed E-state index contributed by atoms with van der Waals surface area (Å²) in [6.45, 7) is 0.850. The maximum Gasteiger partial charge on any atom is 0.184 e. The molecule has 15 atom stereocenters. The molecule has 37 heavy (non-hydrogen) atoms. The fourth-order valence-electron chi connectivity index (χ4n) is 5.59. The van der Waals surface area contributed by atoms with Gasteiger partial charge >= 0.3 is 0 Å². The van der Waals surface area contributed by atoms with Crippen LogP contribution in [0.5, 0.6) is 0 Å². The minimum absolute atomic E-state index is 0.342. The van der Waals surface area contributed by atoms with Gasteiger partial charge in [-0.25, -0.2) is 0 Å². The highest BCUT2D eigenvalue weighted by molar-refractivity contribution is 5.03. The Morgan fingerprint density at radius 3 is 1.76 bits per heavy atom. The lowest BCUT2D eigenvalue weighted by Crippen LogP contribution is -2.66. The van der Waals surface area contributed by atoms with E-state index in [0.29, 0.717) is 0 Å². The summed E-state index contributed by atoms with van der Waals surface area (Å²) in [6, 6.07) is 0. The molecule has 3 heterocycles. The van der Waals surface area contributed by atoms with Crippen LogP contribution >= 0.6 is 0 Å². The predicted octanol–water partition coefficient (Wildman–Crippen LogP) is -5.88. The van der Waals surface area contributed by atoms with Crippen LogP contribution in [0.3, 0.4) is 0 Å². The third kappa shape index (κ3) is 5.96. The number of hydrogen-bond acceptors (Lipinski definition) is 15. The van der Waals surface area contributed by atoms with E-state index in [1.807, 2.05) is 0 Å². The quantitative estimate of drug-likeness (QED) is 0.143. The van der Waals surface area contributed by atoms with Crippen molar-refractivity contribution in [3.05, 3.63) is 0 Å². The van der Waals surface area contributed by atoms with E-state index in [0.717, 1.165) is 0 Å². The zero-order valence-electron chi connectivity index (χ0n) is 20.5. The summed E-state index contributed by atoms with van der Waals surface area (Å²) in [5.41, 5.74) is -1.39. The van der Waals surface area contributed by atoms with Gasteiger partial charge in [-0.15, -0.1) is 0 Å². The average Bonchev–Trinajstić information content (AvgIpc) is 2.95. The molecule has 15 nitrogen and oxygen atoms in total. The lowest BCUT2D eigenvalue weighted by Gasteiger charge is -2.52. The van der Waals surface area contributed by atoms with Crippen molar-refractivity contribution in [1.29, 1.82) is 0 Å². The monoisotopic (exact) mass is 544 g/mol.